The number of hydrogen-bond acceptors (Lipinski definition) is 4. The van der Waals surface area contributed by atoms with Crippen LogP contribution in [-0.4, -0.2) is 48.3 Å². The van der Waals surface area contributed by atoms with E-state index in [0.717, 1.165) is 37.3 Å². The zero-order valence-electron chi connectivity index (χ0n) is 11.0. The lowest BCUT2D eigenvalue weighted by Crippen LogP contribution is -2.40. The molecular formula is C12H26N2O2S. The summed E-state index contributed by atoms with van der Waals surface area (Å²) >= 11 is 1.80. The number of carbonyl (C=O) groups is 1. The van der Waals surface area contributed by atoms with Crippen LogP contribution in [-0.2, 0) is 4.79 Å². The van der Waals surface area contributed by atoms with E-state index in [2.05, 4.69) is 24.5 Å². The molecule has 17 heavy (non-hydrogen) atoms. The highest BCUT2D eigenvalue weighted by Gasteiger charge is 2.06. The molecule has 3 N–H and O–H groups in total. The molecule has 0 atom stereocenters. The Morgan fingerprint density at radius 2 is 2.00 bits per heavy atom. The highest BCUT2D eigenvalue weighted by molar-refractivity contribution is 7.99. The van der Waals surface area contributed by atoms with Crippen LogP contribution < -0.4 is 10.6 Å². The summed E-state index contributed by atoms with van der Waals surface area (Å²) in [6, 6.07) is 0.309. The van der Waals surface area contributed by atoms with Crippen LogP contribution in [0.5, 0.6) is 0 Å². The second-order valence-corrected chi connectivity index (χ2v) is 5.17. The summed E-state index contributed by atoms with van der Waals surface area (Å²) in [6.45, 7) is 5.67. The summed E-state index contributed by atoms with van der Waals surface area (Å²) in [5, 5.41) is 14.7. The summed E-state index contributed by atoms with van der Waals surface area (Å²) in [5.41, 5.74) is 0. The Morgan fingerprint density at radius 3 is 2.59 bits per heavy atom. The molecule has 0 aliphatic heterocycles. The van der Waals surface area contributed by atoms with Crippen LogP contribution in [0.4, 0.5) is 0 Å². The predicted molar refractivity (Wildman–Crippen MR) is 74.4 cm³/mol. The summed E-state index contributed by atoms with van der Waals surface area (Å²) in [4.78, 5) is 11.5. The van der Waals surface area contributed by atoms with Gasteiger partial charge in [0.1, 0.15) is 0 Å². The third-order valence-corrected chi connectivity index (χ3v) is 3.58. The van der Waals surface area contributed by atoms with E-state index in [1.165, 1.54) is 0 Å². The fourth-order valence-corrected chi connectivity index (χ4v) is 2.21. The van der Waals surface area contributed by atoms with Crippen LogP contribution in [0.1, 0.15) is 33.1 Å². The minimum absolute atomic E-state index is 0.0825. The number of amides is 1. The summed E-state index contributed by atoms with van der Waals surface area (Å²) in [6.07, 6.45) is 2.82. The van der Waals surface area contributed by atoms with Crippen LogP contribution in [0.2, 0.25) is 0 Å². The van der Waals surface area contributed by atoms with Gasteiger partial charge >= 0.3 is 0 Å². The molecule has 0 aromatic heterocycles. The fourth-order valence-electron chi connectivity index (χ4n) is 1.39. The average molecular weight is 262 g/mol. The van der Waals surface area contributed by atoms with Crippen LogP contribution in [0.3, 0.4) is 0 Å². The molecule has 0 radical (unpaired) electrons. The van der Waals surface area contributed by atoms with E-state index in [9.17, 15) is 4.79 Å². The molecule has 0 aliphatic carbocycles. The summed E-state index contributed by atoms with van der Waals surface area (Å²) in [5.74, 6) is 2.05. The van der Waals surface area contributed by atoms with Crippen molar-refractivity contribution in [1.82, 2.24) is 10.6 Å². The van der Waals surface area contributed by atoms with Crippen molar-refractivity contribution in [3.05, 3.63) is 0 Å². The van der Waals surface area contributed by atoms with Crippen LogP contribution in [0.15, 0.2) is 0 Å². The van der Waals surface area contributed by atoms with Gasteiger partial charge in [-0.2, -0.15) is 11.8 Å². The molecule has 0 saturated heterocycles. The first-order valence-electron chi connectivity index (χ1n) is 6.43. The van der Waals surface area contributed by atoms with E-state index in [0.29, 0.717) is 12.6 Å². The number of carbonyl (C=O) groups excluding carboxylic acids is 1. The Hall–Kier alpha value is -0.260. The average Bonchev–Trinajstić information content (AvgIpc) is 2.34. The van der Waals surface area contributed by atoms with Gasteiger partial charge in [-0.1, -0.05) is 13.8 Å². The van der Waals surface area contributed by atoms with Crippen molar-refractivity contribution in [3.63, 3.8) is 0 Å². The topological polar surface area (TPSA) is 61.4 Å². The zero-order chi connectivity index (χ0) is 12.9. The molecule has 0 fully saturated rings. The number of thioether (sulfide) groups is 1. The highest BCUT2D eigenvalue weighted by atomic mass is 32.2. The van der Waals surface area contributed by atoms with Crippen molar-refractivity contribution in [3.8, 4) is 0 Å². The molecule has 1 amide bonds. The van der Waals surface area contributed by atoms with Gasteiger partial charge in [0.2, 0.25) is 5.91 Å². The maximum absolute atomic E-state index is 11.5. The number of hydrogen-bond donors (Lipinski definition) is 3. The second kappa shape index (κ2) is 12.2. The van der Waals surface area contributed by atoms with E-state index in [1.807, 2.05) is 0 Å². The van der Waals surface area contributed by atoms with E-state index >= 15 is 0 Å². The molecule has 0 aromatic rings. The molecule has 0 rings (SSSR count). The zero-order valence-corrected chi connectivity index (χ0v) is 11.8. The molecule has 4 nitrogen and oxygen atoms in total. The molecule has 0 aliphatic rings. The molecule has 0 unspecified atom stereocenters. The highest BCUT2D eigenvalue weighted by Crippen LogP contribution is 1.99. The molecule has 0 bridgehead atoms. The second-order valence-electron chi connectivity index (χ2n) is 3.95. The van der Waals surface area contributed by atoms with Crippen molar-refractivity contribution >= 4 is 17.7 Å². The number of aliphatic hydroxyl groups excluding tert-OH is 1. The Balaban J connectivity index is 3.33. The van der Waals surface area contributed by atoms with Gasteiger partial charge in [-0.15, -0.1) is 0 Å². The third kappa shape index (κ3) is 10.6. The number of aliphatic hydroxyl groups is 1. The van der Waals surface area contributed by atoms with E-state index < -0.39 is 0 Å². The lowest BCUT2D eigenvalue weighted by atomic mass is 10.2. The Kier molecular flexibility index (Phi) is 12.0. The fraction of sp³-hybridized carbons (Fsp3) is 0.917. The van der Waals surface area contributed by atoms with Gasteiger partial charge in [-0.3, -0.25) is 4.79 Å². The molecule has 0 saturated carbocycles. The Morgan fingerprint density at radius 1 is 1.29 bits per heavy atom. The standard InChI is InChI=1S/C12H26N2O2S/c1-3-11(4-2)14-12(16)10-13-6-9-17-8-5-7-15/h11,13,15H,3-10H2,1-2H3,(H,14,16). The van der Waals surface area contributed by atoms with Crippen molar-refractivity contribution in [2.75, 3.05) is 31.2 Å². The molecule has 102 valence electrons. The van der Waals surface area contributed by atoms with Crippen molar-refractivity contribution < 1.29 is 9.90 Å². The first-order valence-corrected chi connectivity index (χ1v) is 7.58. The van der Waals surface area contributed by atoms with Gasteiger partial charge in [0, 0.05) is 24.9 Å². The van der Waals surface area contributed by atoms with Gasteiger partial charge in [-0.05, 0) is 25.0 Å². The summed E-state index contributed by atoms with van der Waals surface area (Å²) in [7, 11) is 0. The van der Waals surface area contributed by atoms with Gasteiger partial charge < -0.3 is 15.7 Å². The van der Waals surface area contributed by atoms with Gasteiger partial charge in [-0.25, -0.2) is 0 Å². The van der Waals surface area contributed by atoms with Gasteiger partial charge in [0.05, 0.1) is 6.54 Å². The van der Waals surface area contributed by atoms with Crippen LogP contribution >= 0.6 is 11.8 Å². The minimum atomic E-state index is 0.0825. The monoisotopic (exact) mass is 262 g/mol. The molecule has 0 spiro atoms. The lowest BCUT2D eigenvalue weighted by Gasteiger charge is -2.14. The summed E-state index contributed by atoms with van der Waals surface area (Å²) < 4.78 is 0. The van der Waals surface area contributed by atoms with Gasteiger partial charge in [0.15, 0.2) is 0 Å². The maximum atomic E-state index is 11.5. The van der Waals surface area contributed by atoms with Crippen molar-refractivity contribution in [2.24, 2.45) is 0 Å². The largest absolute Gasteiger partial charge is 0.396 e. The molecular weight excluding hydrogens is 236 g/mol. The molecule has 0 aromatic carbocycles. The maximum Gasteiger partial charge on any atom is 0.234 e. The lowest BCUT2D eigenvalue weighted by molar-refractivity contribution is -0.120. The van der Waals surface area contributed by atoms with Gasteiger partial charge in [0.25, 0.3) is 0 Å². The minimum Gasteiger partial charge on any atom is -0.396 e. The Labute approximate surface area is 109 Å². The normalized spacial score (nSPS) is 10.8. The first-order chi connectivity index (χ1) is 8.24. The Bertz CT molecular complexity index is 187. The van der Waals surface area contributed by atoms with E-state index in [1.54, 1.807) is 11.8 Å². The molecule has 5 heteroatoms. The first kappa shape index (κ1) is 16.7. The van der Waals surface area contributed by atoms with Crippen molar-refractivity contribution in [2.45, 2.75) is 39.2 Å². The quantitative estimate of drug-likeness (QED) is 0.486. The van der Waals surface area contributed by atoms with E-state index in [4.69, 9.17) is 5.11 Å². The van der Waals surface area contributed by atoms with Crippen LogP contribution in [0, 0.1) is 0 Å². The van der Waals surface area contributed by atoms with Crippen molar-refractivity contribution in [1.29, 1.82) is 0 Å². The van der Waals surface area contributed by atoms with E-state index in [-0.39, 0.29) is 12.5 Å². The number of nitrogens with one attached hydrogen (secondary N) is 2. The third-order valence-electron chi connectivity index (χ3n) is 2.51. The van der Waals surface area contributed by atoms with Crippen LogP contribution in [0.25, 0.3) is 0 Å². The predicted octanol–water partition coefficient (Wildman–Crippen LogP) is 0.996. The molecule has 0 heterocycles. The SMILES string of the molecule is CCC(CC)NC(=O)CNCCSCCCO. The number of rotatable bonds is 11. The smallest absolute Gasteiger partial charge is 0.234 e.